The third kappa shape index (κ3) is 2.41. The zero-order valence-electron chi connectivity index (χ0n) is 7.87. The van der Waals surface area contributed by atoms with Crippen molar-refractivity contribution in [3.63, 3.8) is 0 Å². The fourth-order valence-corrected chi connectivity index (χ4v) is 1.34. The Morgan fingerprint density at radius 3 is 2.20 bits per heavy atom. The predicted octanol–water partition coefficient (Wildman–Crippen LogP) is 2.39. The average molecular weight is 230 g/mol. The molecule has 0 aliphatic carbocycles. The first-order valence-electron chi connectivity index (χ1n) is 4.06. The summed E-state index contributed by atoms with van der Waals surface area (Å²) < 4.78 is 26.4. The Bertz CT molecular complexity index is 376. The molecule has 1 aromatic rings. The zero-order chi connectivity index (χ0) is 11.5. The van der Waals surface area contributed by atoms with Gasteiger partial charge >= 0.3 is 5.92 Å². The van der Waals surface area contributed by atoms with E-state index in [9.17, 15) is 18.4 Å². The summed E-state index contributed by atoms with van der Waals surface area (Å²) in [7, 11) is 0. The highest BCUT2D eigenvalue weighted by Gasteiger charge is 2.46. The summed E-state index contributed by atoms with van der Waals surface area (Å²) in [5.41, 5.74) is -0.162. The molecule has 0 saturated carbocycles. The maximum Gasteiger partial charge on any atom is 0.376 e. The van der Waals surface area contributed by atoms with Crippen LogP contribution in [-0.2, 0) is 4.79 Å². The standard InChI is InChI=1S/C10H8F2O2S/c1-15-9(14)10(11,12)8(13)7-5-3-2-4-6-7/h2-6H,1H3. The van der Waals surface area contributed by atoms with Gasteiger partial charge in [-0.05, 0) is 6.26 Å². The van der Waals surface area contributed by atoms with Crippen LogP contribution in [0.25, 0.3) is 0 Å². The highest BCUT2D eigenvalue weighted by atomic mass is 32.2. The fourth-order valence-electron chi connectivity index (χ4n) is 0.992. The van der Waals surface area contributed by atoms with Crippen molar-refractivity contribution >= 4 is 22.7 Å². The van der Waals surface area contributed by atoms with E-state index in [4.69, 9.17) is 0 Å². The second-order valence-corrected chi connectivity index (χ2v) is 3.54. The fraction of sp³-hybridized carbons (Fsp3) is 0.200. The normalized spacial score (nSPS) is 11.1. The molecular weight excluding hydrogens is 222 g/mol. The van der Waals surface area contributed by atoms with E-state index in [0.717, 1.165) is 0 Å². The molecule has 0 aromatic heterocycles. The number of alkyl halides is 2. The number of Topliss-reactive ketones (excluding diaryl/α,β-unsaturated/α-hetero) is 1. The summed E-state index contributed by atoms with van der Waals surface area (Å²) in [6.07, 6.45) is 1.22. The maximum atomic E-state index is 13.2. The van der Waals surface area contributed by atoms with Crippen molar-refractivity contribution < 1.29 is 18.4 Å². The van der Waals surface area contributed by atoms with Crippen LogP contribution in [-0.4, -0.2) is 23.1 Å². The number of hydrogen-bond acceptors (Lipinski definition) is 3. The molecule has 15 heavy (non-hydrogen) atoms. The highest BCUT2D eigenvalue weighted by molar-refractivity contribution is 8.13. The topological polar surface area (TPSA) is 34.1 Å². The van der Waals surface area contributed by atoms with Crippen molar-refractivity contribution in [2.75, 3.05) is 6.26 Å². The summed E-state index contributed by atoms with van der Waals surface area (Å²) >= 11 is 0.345. The number of ketones is 1. The van der Waals surface area contributed by atoms with E-state index in [2.05, 4.69) is 0 Å². The molecule has 0 spiro atoms. The Kier molecular flexibility index (Phi) is 3.57. The number of thioether (sulfide) groups is 1. The molecule has 0 aliphatic heterocycles. The van der Waals surface area contributed by atoms with Gasteiger partial charge in [0.25, 0.3) is 5.12 Å². The lowest BCUT2D eigenvalue weighted by Gasteiger charge is -2.11. The quantitative estimate of drug-likeness (QED) is 0.590. The van der Waals surface area contributed by atoms with Crippen molar-refractivity contribution in [2.45, 2.75) is 5.92 Å². The number of carbonyl (C=O) groups excluding carboxylic acids is 2. The van der Waals surface area contributed by atoms with Crippen LogP contribution >= 0.6 is 11.8 Å². The molecule has 0 heterocycles. The van der Waals surface area contributed by atoms with Crippen molar-refractivity contribution in [1.29, 1.82) is 0 Å². The smallest absolute Gasteiger partial charge is 0.287 e. The zero-order valence-corrected chi connectivity index (χ0v) is 8.68. The number of carbonyl (C=O) groups is 2. The van der Waals surface area contributed by atoms with E-state index in [1.165, 1.54) is 30.5 Å². The molecule has 1 aromatic carbocycles. The minimum absolute atomic E-state index is 0.162. The van der Waals surface area contributed by atoms with Gasteiger partial charge in [0.15, 0.2) is 0 Å². The number of rotatable bonds is 3. The van der Waals surface area contributed by atoms with Gasteiger partial charge in [0.05, 0.1) is 0 Å². The minimum Gasteiger partial charge on any atom is -0.287 e. The number of halogens is 2. The second kappa shape index (κ2) is 4.53. The third-order valence-corrected chi connectivity index (χ3v) is 2.39. The molecule has 0 N–H and O–H groups in total. The lowest BCUT2D eigenvalue weighted by Crippen LogP contribution is -2.35. The van der Waals surface area contributed by atoms with Gasteiger partial charge in [0, 0.05) is 5.56 Å². The van der Waals surface area contributed by atoms with E-state index < -0.39 is 16.8 Å². The molecule has 5 heteroatoms. The summed E-state index contributed by atoms with van der Waals surface area (Å²) in [6, 6.07) is 7.04. The van der Waals surface area contributed by atoms with Gasteiger partial charge in [-0.2, -0.15) is 8.78 Å². The van der Waals surface area contributed by atoms with Crippen LogP contribution in [0.2, 0.25) is 0 Å². The van der Waals surface area contributed by atoms with Crippen LogP contribution < -0.4 is 0 Å². The van der Waals surface area contributed by atoms with E-state index in [1.807, 2.05) is 0 Å². The largest absolute Gasteiger partial charge is 0.376 e. The van der Waals surface area contributed by atoms with Gasteiger partial charge in [-0.25, -0.2) is 0 Å². The third-order valence-electron chi connectivity index (χ3n) is 1.76. The molecule has 0 bridgehead atoms. The monoisotopic (exact) mass is 230 g/mol. The average Bonchev–Trinajstić information content (AvgIpc) is 2.28. The van der Waals surface area contributed by atoms with E-state index >= 15 is 0 Å². The van der Waals surface area contributed by atoms with Crippen LogP contribution in [0.5, 0.6) is 0 Å². The van der Waals surface area contributed by atoms with Crippen LogP contribution in [0.4, 0.5) is 8.78 Å². The molecule has 1 rings (SSSR count). The summed E-state index contributed by atoms with van der Waals surface area (Å²) in [5, 5.41) is -1.43. The molecule has 0 saturated heterocycles. The highest BCUT2D eigenvalue weighted by Crippen LogP contribution is 2.25. The molecule has 0 amide bonds. The predicted molar refractivity (Wildman–Crippen MR) is 54.2 cm³/mol. The molecule has 0 unspecified atom stereocenters. The second-order valence-electron chi connectivity index (χ2n) is 2.76. The van der Waals surface area contributed by atoms with Gasteiger partial charge in [-0.3, -0.25) is 9.59 Å². The van der Waals surface area contributed by atoms with E-state index in [1.54, 1.807) is 6.07 Å². The van der Waals surface area contributed by atoms with Crippen molar-refractivity contribution in [1.82, 2.24) is 0 Å². The number of benzene rings is 1. The van der Waals surface area contributed by atoms with E-state index in [0.29, 0.717) is 11.8 Å². The van der Waals surface area contributed by atoms with Crippen molar-refractivity contribution in [3.8, 4) is 0 Å². The van der Waals surface area contributed by atoms with Crippen LogP contribution in [0, 0.1) is 0 Å². The Morgan fingerprint density at radius 1 is 1.20 bits per heavy atom. The van der Waals surface area contributed by atoms with Gasteiger partial charge in [0.2, 0.25) is 5.78 Å². The van der Waals surface area contributed by atoms with Crippen molar-refractivity contribution in [3.05, 3.63) is 35.9 Å². The summed E-state index contributed by atoms with van der Waals surface area (Å²) in [5.74, 6) is -5.40. The number of hydrogen-bond donors (Lipinski definition) is 0. The molecule has 0 atom stereocenters. The van der Waals surface area contributed by atoms with Crippen LogP contribution in [0.1, 0.15) is 10.4 Å². The molecule has 80 valence electrons. The van der Waals surface area contributed by atoms with Gasteiger partial charge in [0.1, 0.15) is 0 Å². The molecule has 0 aliphatic rings. The maximum absolute atomic E-state index is 13.2. The van der Waals surface area contributed by atoms with Gasteiger partial charge in [-0.15, -0.1) is 0 Å². The molecule has 0 fully saturated rings. The summed E-state index contributed by atoms with van der Waals surface area (Å²) in [4.78, 5) is 22.1. The van der Waals surface area contributed by atoms with Crippen molar-refractivity contribution in [2.24, 2.45) is 0 Å². The Hall–Kier alpha value is -1.23. The SMILES string of the molecule is CSC(=O)C(F)(F)C(=O)c1ccccc1. The first-order chi connectivity index (χ1) is 7.00. The Balaban J connectivity index is 3.00. The molecule has 2 nitrogen and oxygen atoms in total. The lowest BCUT2D eigenvalue weighted by atomic mass is 10.1. The van der Waals surface area contributed by atoms with E-state index in [-0.39, 0.29) is 5.56 Å². The summed E-state index contributed by atoms with van der Waals surface area (Å²) in [6.45, 7) is 0. The Morgan fingerprint density at radius 2 is 1.73 bits per heavy atom. The van der Waals surface area contributed by atoms with Crippen LogP contribution in [0.15, 0.2) is 30.3 Å². The van der Waals surface area contributed by atoms with Crippen LogP contribution in [0.3, 0.4) is 0 Å². The first kappa shape index (κ1) is 11.8. The molecule has 0 radical (unpaired) electrons. The lowest BCUT2D eigenvalue weighted by molar-refractivity contribution is -0.127. The van der Waals surface area contributed by atoms with Gasteiger partial charge < -0.3 is 0 Å². The molecular formula is C10H8F2O2S. The minimum atomic E-state index is -3.94. The Labute approximate surface area is 89.7 Å². The van der Waals surface area contributed by atoms with Gasteiger partial charge in [-0.1, -0.05) is 42.1 Å². The first-order valence-corrected chi connectivity index (χ1v) is 5.28.